The number of amides is 3. The first-order valence-electron chi connectivity index (χ1n) is 17.2. The number of ether oxygens (including phenoxy) is 2. The first kappa shape index (κ1) is 40.1. The lowest BCUT2D eigenvalue weighted by molar-refractivity contribution is -0.137. The van der Waals surface area contributed by atoms with Crippen LogP contribution >= 0.6 is 0 Å². The van der Waals surface area contributed by atoms with Gasteiger partial charge in [0.05, 0.1) is 41.5 Å². The van der Waals surface area contributed by atoms with Crippen LogP contribution in [0.2, 0.25) is 0 Å². The number of carbonyl (C=O) groups is 3. The van der Waals surface area contributed by atoms with Crippen LogP contribution in [-0.2, 0) is 17.5 Å². The average molecular weight is 729 g/mol. The van der Waals surface area contributed by atoms with Gasteiger partial charge in [0.15, 0.2) is 0 Å². The summed E-state index contributed by atoms with van der Waals surface area (Å²) in [6.07, 6.45) is -2.76. The van der Waals surface area contributed by atoms with E-state index in [9.17, 15) is 37.8 Å². The van der Waals surface area contributed by atoms with Gasteiger partial charge < -0.3 is 35.2 Å². The number of hydrogen-bond acceptors (Lipinski definition) is 7. The number of halogens is 3. The minimum Gasteiger partial charge on any atom is -0.490 e. The maximum absolute atomic E-state index is 14.4. The number of carboxylic acid groups (broad SMARTS) is 1. The molecule has 0 saturated carbocycles. The molecule has 3 aromatic carbocycles. The molecule has 0 unspecified atom stereocenters. The lowest BCUT2D eigenvalue weighted by Crippen LogP contribution is -2.47. The summed E-state index contributed by atoms with van der Waals surface area (Å²) in [5.41, 5.74) is 0.869. The zero-order valence-corrected chi connectivity index (χ0v) is 29.8. The van der Waals surface area contributed by atoms with E-state index in [-0.39, 0.29) is 53.8 Å². The number of likely N-dealkylation sites (N-methyl/N-ethyl adjacent to an activating group) is 1. The molecule has 282 valence electrons. The number of hydrogen-bond donors (Lipinski definition) is 4. The highest BCUT2D eigenvalue weighted by Gasteiger charge is 2.31. The molecule has 0 aromatic heterocycles. The van der Waals surface area contributed by atoms with Gasteiger partial charge in [0.2, 0.25) is 0 Å². The fourth-order valence-electron chi connectivity index (χ4n) is 5.94. The molecule has 1 aliphatic heterocycles. The van der Waals surface area contributed by atoms with Gasteiger partial charge in [0.1, 0.15) is 5.75 Å². The number of carbonyl (C=O) groups excluding carboxylic acids is 2. The van der Waals surface area contributed by atoms with E-state index in [0.29, 0.717) is 31.9 Å². The number of anilines is 2. The zero-order valence-electron chi connectivity index (χ0n) is 29.8. The Bertz CT molecular complexity index is 1650. The Kier molecular flexibility index (Phi) is 14.0. The Morgan fingerprint density at radius 2 is 1.65 bits per heavy atom. The normalized spacial score (nSPS) is 19.6. The first-order valence-corrected chi connectivity index (χ1v) is 17.2. The number of rotatable bonds is 9. The Morgan fingerprint density at radius 3 is 2.29 bits per heavy atom. The summed E-state index contributed by atoms with van der Waals surface area (Å²) in [6, 6.07) is 14.1. The molecule has 0 aliphatic carbocycles. The Hall–Kier alpha value is -4.66. The molecule has 0 spiro atoms. The molecule has 14 heteroatoms. The van der Waals surface area contributed by atoms with Gasteiger partial charge in [-0.25, -0.2) is 9.59 Å². The van der Waals surface area contributed by atoms with Crippen LogP contribution < -0.4 is 15.4 Å². The largest absolute Gasteiger partial charge is 0.490 e. The summed E-state index contributed by atoms with van der Waals surface area (Å²) < 4.78 is 51.5. The van der Waals surface area contributed by atoms with Crippen LogP contribution in [-0.4, -0.2) is 89.5 Å². The first-order chi connectivity index (χ1) is 24.6. The maximum atomic E-state index is 14.4. The van der Waals surface area contributed by atoms with Gasteiger partial charge in [-0.1, -0.05) is 19.1 Å². The SMILES string of the molecule is C[C@H](CO)N1C[C@H](C)[C@@H](CN(C)Cc2ccc(C(=O)O)cc2)OCCCC[C@H](C)Oc2ccc(NC(=O)Nc3ccc(C(F)(F)F)cc3)cc2C1=O. The van der Waals surface area contributed by atoms with E-state index in [2.05, 4.69) is 15.5 Å². The second-order valence-corrected chi connectivity index (χ2v) is 13.4. The van der Waals surface area contributed by atoms with Crippen molar-refractivity contribution in [2.45, 2.75) is 71.0 Å². The summed E-state index contributed by atoms with van der Waals surface area (Å²) in [6.45, 7) is 7.12. The highest BCUT2D eigenvalue weighted by atomic mass is 19.4. The summed E-state index contributed by atoms with van der Waals surface area (Å²) in [5, 5.41) is 24.6. The Labute approximate surface area is 301 Å². The van der Waals surface area contributed by atoms with Crippen LogP contribution in [0.1, 0.15) is 71.9 Å². The third-order valence-corrected chi connectivity index (χ3v) is 8.92. The number of aliphatic hydroxyl groups excluding tert-OH is 1. The molecule has 1 aliphatic rings. The number of alkyl halides is 3. The second kappa shape index (κ2) is 18.2. The van der Waals surface area contributed by atoms with Crippen molar-refractivity contribution < 1.29 is 47.2 Å². The van der Waals surface area contributed by atoms with Crippen molar-refractivity contribution in [2.24, 2.45) is 5.92 Å². The predicted molar refractivity (Wildman–Crippen MR) is 191 cm³/mol. The lowest BCUT2D eigenvalue weighted by Gasteiger charge is -2.36. The van der Waals surface area contributed by atoms with Crippen LogP contribution in [0.15, 0.2) is 66.7 Å². The zero-order chi connectivity index (χ0) is 38.0. The standard InChI is InChI=1S/C38H47F3N4O7/c1-24-20-45(25(2)23-46)35(47)32-19-31(43-37(50)42-30-14-12-29(13-15-30)38(39,40)41)16-17-33(32)52-26(3)7-5-6-18-51-34(24)22-44(4)21-27-8-10-28(11-9-27)36(48)49/h8-17,19,24-26,34,46H,5-7,18,20-23H2,1-4H3,(H,48,49)(H2,42,43,50)/t24-,25+,26-,34+/m0/s1. The fourth-order valence-corrected chi connectivity index (χ4v) is 5.94. The van der Waals surface area contributed by atoms with Gasteiger partial charge in [0.25, 0.3) is 5.91 Å². The van der Waals surface area contributed by atoms with Crippen molar-refractivity contribution in [3.05, 3.63) is 89.0 Å². The number of benzene rings is 3. The second-order valence-electron chi connectivity index (χ2n) is 13.4. The molecule has 0 bridgehead atoms. The van der Waals surface area contributed by atoms with E-state index in [1.165, 1.54) is 6.07 Å². The van der Waals surface area contributed by atoms with E-state index >= 15 is 0 Å². The van der Waals surface area contributed by atoms with Crippen LogP contribution in [0.5, 0.6) is 5.75 Å². The number of aromatic carboxylic acids is 1. The van der Waals surface area contributed by atoms with Crippen LogP contribution in [0.3, 0.4) is 0 Å². The maximum Gasteiger partial charge on any atom is 0.416 e. The third-order valence-electron chi connectivity index (χ3n) is 8.92. The van der Waals surface area contributed by atoms with Crippen molar-refractivity contribution in [1.29, 1.82) is 0 Å². The molecule has 52 heavy (non-hydrogen) atoms. The average Bonchev–Trinajstić information content (AvgIpc) is 3.09. The third kappa shape index (κ3) is 11.4. The number of carboxylic acids is 1. The van der Waals surface area contributed by atoms with E-state index in [4.69, 9.17) is 9.47 Å². The number of nitrogens with zero attached hydrogens (tertiary/aromatic N) is 2. The number of urea groups is 1. The molecule has 4 N–H and O–H groups in total. The van der Waals surface area contributed by atoms with Gasteiger partial charge in [0, 0.05) is 43.5 Å². The summed E-state index contributed by atoms with van der Waals surface area (Å²) in [4.78, 5) is 42.1. The van der Waals surface area contributed by atoms with Crippen molar-refractivity contribution in [2.75, 3.05) is 44.0 Å². The lowest BCUT2D eigenvalue weighted by atomic mass is 10.0. The molecule has 0 radical (unpaired) electrons. The van der Waals surface area contributed by atoms with Crippen LogP contribution in [0, 0.1) is 5.92 Å². The molecule has 3 amide bonds. The smallest absolute Gasteiger partial charge is 0.416 e. The van der Waals surface area contributed by atoms with Crippen molar-refractivity contribution in [1.82, 2.24) is 9.80 Å². The molecule has 4 atom stereocenters. The Balaban J connectivity index is 1.55. The minimum absolute atomic E-state index is 0.146. The van der Waals surface area contributed by atoms with Crippen molar-refractivity contribution >= 4 is 29.3 Å². The number of fused-ring (bicyclic) bond motifs is 1. The molecule has 0 fully saturated rings. The molecule has 0 saturated heterocycles. The summed E-state index contributed by atoms with van der Waals surface area (Å²) in [7, 11) is 1.95. The summed E-state index contributed by atoms with van der Waals surface area (Å²) >= 11 is 0. The summed E-state index contributed by atoms with van der Waals surface area (Å²) in [5.74, 6) is -1.29. The highest BCUT2D eigenvalue weighted by Crippen LogP contribution is 2.31. The molecule has 11 nitrogen and oxygen atoms in total. The number of nitrogens with one attached hydrogen (secondary N) is 2. The van der Waals surface area contributed by atoms with Gasteiger partial charge in [-0.15, -0.1) is 0 Å². The molecule has 4 rings (SSSR count). The molecular formula is C38H47F3N4O7. The predicted octanol–water partition coefficient (Wildman–Crippen LogP) is 6.98. The fraction of sp³-hybridized carbons (Fsp3) is 0.447. The van der Waals surface area contributed by atoms with Crippen LogP contribution in [0.4, 0.5) is 29.3 Å². The van der Waals surface area contributed by atoms with E-state index in [1.54, 1.807) is 48.2 Å². The van der Waals surface area contributed by atoms with Gasteiger partial charge >= 0.3 is 18.2 Å². The quantitative estimate of drug-likeness (QED) is 0.185. The van der Waals surface area contributed by atoms with Crippen molar-refractivity contribution in [3.63, 3.8) is 0 Å². The Morgan fingerprint density at radius 1 is 1.00 bits per heavy atom. The molecule has 1 heterocycles. The van der Waals surface area contributed by atoms with Gasteiger partial charge in [-0.05, 0) is 100 Å². The minimum atomic E-state index is -4.51. The van der Waals surface area contributed by atoms with Gasteiger partial charge in [-0.3, -0.25) is 9.69 Å². The number of aliphatic hydroxyl groups is 1. The molecule has 3 aromatic rings. The monoisotopic (exact) mass is 728 g/mol. The van der Waals surface area contributed by atoms with E-state index in [0.717, 1.165) is 42.7 Å². The van der Waals surface area contributed by atoms with Crippen molar-refractivity contribution in [3.8, 4) is 5.75 Å². The van der Waals surface area contributed by atoms with Gasteiger partial charge in [-0.2, -0.15) is 13.2 Å². The topological polar surface area (TPSA) is 141 Å². The molecular weight excluding hydrogens is 681 g/mol. The van der Waals surface area contributed by atoms with E-state index in [1.807, 2.05) is 20.9 Å². The highest BCUT2D eigenvalue weighted by molar-refractivity contribution is 6.02. The van der Waals surface area contributed by atoms with E-state index < -0.39 is 35.7 Å². The van der Waals surface area contributed by atoms with Crippen LogP contribution in [0.25, 0.3) is 0 Å².